The highest BCUT2D eigenvalue weighted by molar-refractivity contribution is 4.49. The van der Waals surface area contributed by atoms with Crippen molar-refractivity contribution >= 4 is 0 Å². The van der Waals surface area contributed by atoms with Gasteiger partial charge in [-0.2, -0.15) is 0 Å². The van der Waals surface area contributed by atoms with Crippen molar-refractivity contribution in [2.24, 2.45) is 5.34 Å². The van der Waals surface area contributed by atoms with Gasteiger partial charge in [-0.3, -0.25) is 0 Å². The fourth-order valence-electron chi connectivity index (χ4n) is 0.985. The minimum Gasteiger partial charge on any atom is -0.361 e. The summed E-state index contributed by atoms with van der Waals surface area (Å²) >= 11 is 0. The summed E-state index contributed by atoms with van der Waals surface area (Å²) in [6.07, 6.45) is 5.78. The molecular formula is C8H20N2O2. The van der Waals surface area contributed by atoms with Crippen LogP contribution in [-0.4, -0.2) is 6.10 Å². The van der Waals surface area contributed by atoms with E-state index in [1.165, 1.54) is 19.3 Å². The highest BCUT2D eigenvalue weighted by Crippen LogP contribution is 2.07. The molecule has 74 valence electrons. The second-order valence-corrected chi connectivity index (χ2v) is 2.84. The maximum Gasteiger partial charge on any atom is 0.155 e. The zero-order valence-corrected chi connectivity index (χ0v) is 8.08. The highest BCUT2D eigenvalue weighted by Gasteiger charge is 2.00. The lowest BCUT2D eigenvalue weighted by molar-refractivity contribution is 0.0607. The Hall–Kier alpha value is -0.640. The van der Waals surface area contributed by atoms with E-state index in [2.05, 4.69) is 17.1 Å². The summed E-state index contributed by atoms with van der Waals surface area (Å²) in [6.45, 7) is 4.04. The molecule has 0 saturated carbocycles. The van der Waals surface area contributed by atoms with Gasteiger partial charge < -0.3 is 11.0 Å². The van der Waals surface area contributed by atoms with E-state index < -0.39 is 0 Å². The number of rotatable bonds is 7. The predicted molar refractivity (Wildman–Crippen MR) is 50.1 cm³/mol. The molecule has 12 heavy (non-hydrogen) atoms. The average Bonchev–Trinajstić information content (AvgIpc) is 1.99. The quantitative estimate of drug-likeness (QED) is 0.367. The van der Waals surface area contributed by atoms with Gasteiger partial charge in [0.2, 0.25) is 0 Å². The minimum absolute atomic E-state index is 0. The number of hydrogen-bond acceptors (Lipinski definition) is 4. The van der Waals surface area contributed by atoms with Crippen LogP contribution in [0.1, 0.15) is 46.0 Å². The number of unbranched alkanes of at least 4 members (excludes halogenated alkanes) is 3. The molecule has 0 radical (unpaired) electrons. The molecule has 0 amide bonds. The molecule has 0 bridgehead atoms. The minimum atomic E-state index is -0.00986. The molecule has 0 aromatic rings. The van der Waals surface area contributed by atoms with Gasteiger partial charge in [-0.1, -0.05) is 26.2 Å². The first kappa shape index (κ1) is 13.9. The Kier molecular flexibility index (Phi) is 12.0. The molecule has 1 unspecified atom stereocenters. The van der Waals surface area contributed by atoms with Gasteiger partial charge in [0.05, 0.1) is 0 Å². The molecule has 0 aliphatic rings. The van der Waals surface area contributed by atoms with Crippen LogP contribution >= 0.6 is 0 Å². The molecule has 4 heteroatoms. The van der Waals surface area contributed by atoms with E-state index in [-0.39, 0.29) is 12.3 Å². The molecule has 3 N–H and O–H groups in total. The van der Waals surface area contributed by atoms with E-state index in [0.717, 1.165) is 12.8 Å². The van der Waals surface area contributed by atoms with E-state index in [9.17, 15) is 4.91 Å². The zero-order valence-electron chi connectivity index (χ0n) is 8.08. The molecule has 0 aromatic heterocycles. The molecule has 0 aliphatic heterocycles. The summed E-state index contributed by atoms with van der Waals surface area (Å²) in [5.74, 6) is 0. The van der Waals surface area contributed by atoms with Crippen molar-refractivity contribution in [3.05, 3.63) is 4.91 Å². The molecule has 1 atom stereocenters. The molecule has 4 nitrogen and oxygen atoms in total. The third-order valence-electron chi connectivity index (χ3n) is 1.69. The fourth-order valence-corrected chi connectivity index (χ4v) is 0.985. The fraction of sp³-hybridized carbons (Fsp3) is 1.00. The molecule has 0 rings (SSSR count). The molecular weight excluding hydrogens is 156 g/mol. The van der Waals surface area contributed by atoms with E-state index in [1.807, 2.05) is 6.92 Å². The van der Waals surface area contributed by atoms with Crippen LogP contribution < -0.4 is 6.15 Å². The van der Waals surface area contributed by atoms with Gasteiger partial charge in [-0.25, -0.2) is 0 Å². The van der Waals surface area contributed by atoms with Crippen LogP contribution in [-0.2, 0) is 4.84 Å². The first-order valence-electron chi connectivity index (χ1n) is 4.29. The molecule has 0 heterocycles. The van der Waals surface area contributed by atoms with Gasteiger partial charge in [-0.15, -0.1) is 4.91 Å². The maximum absolute atomic E-state index is 9.63. The van der Waals surface area contributed by atoms with Crippen LogP contribution in [0.3, 0.4) is 0 Å². The highest BCUT2D eigenvalue weighted by atomic mass is 16.7. The van der Waals surface area contributed by atoms with Gasteiger partial charge in [-0.05, 0) is 19.8 Å². The zero-order chi connectivity index (χ0) is 8.53. The topological polar surface area (TPSA) is 73.7 Å². The van der Waals surface area contributed by atoms with Crippen molar-refractivity contribution in [2.45, 2.75) is 52.1 Å². The molecule has 0 aromatic carbocycles. The first-order chi connectivity index (χ1) is 5.31. The Bertz CT molecular complexity index is 99.1. The third kappa shape index (κ3) is 9.36. The lowest BCUT2D eigenvalue weighted by atomic mass is 10.1. The van der Waals surface area contributed by atoms with Crippen molar-refractivity contribution in [1.82, 2.24) is 6.15 Å². The van der Waals surface area contributed by atoms with Crippen LogP contribution in [0.2, 0.25) is 0 Å². The van der Waals surface area contributed by atoms with Crippen LogP contribution in [0.5, 0.6) is 0 Å². The largest absolute Gasteiger partial charge is 0.361 e. The maximum atomic E-state index is 9.63. The summed E-state index contributed by atoms with van der Waals surface area (Å²) in [5, 5.41) is 2.38. The Balaban J connectivity index is 0. The molecule has 0 spiro atoms. The van der Waals surface area contributed by atoms with Crippen molar-refractivity contribution in [3.63, 3.8) is 0 Å². The van der Waals surface area contributed by atoms with E-state index >= 15 is 0 Å². The molecule has 0 fully saturated rings. The van der Waals surface area contributed by atoms with Gasteiger partial charge >= 0.3 is 0 Å². The SMILES string of the molecule is CCCCCCC(C)ON=O.N. The number of hydrogen-bond donors (Lipinski definition) is 1. The van der Waals surface area contributed by atoms with E-state index in [4.69, 9.17) is 0 Å². The van der Waals surface area contributed by atoms with E-state index in [0.29, 0.717) is 0 Å². The smallest absolute Gasteiger partial charge is 0.155 e. The van der Waals surface area contributed by atoms with Gasteiger partial charge in [0, 0.05) is 0 Å². The summed E-state index contributed by atoms with van der Waals surface area (Å²) in [6, 6.07) is 0. The lowest BCUT2D eigenvalue weighted by Gasteiger charge is -2.05. The van der Waals surface area contributed by atoms with Gasteiger partial charge in [0.25, 0.3) is 0 Å². The van der Waals surface area contributed by atoms with Gasteiger partial charge in [0.15, 0.2) is 5.34 Å². The lowest BCUT2D eigenvalue weighted by Crippen LogP contribution is -2.02. The Morgan fingerprint density at radius 2 is 2.00 bits per heavy atom. The van der Waals surface area contributed by atoms with Crippen molar-refractivity contribution < 1.29 is 4.84 Å². The van der Waals surface area contributed by atoms with Crippen molar-refractivity contribution in [3.8, 4) is 0 Å². The second-order valence-electron chi connectivity index (χ2n) is 2.84. The predicted octanol–water partition coefficient (Wildman–Crippen LogP) is 3.21. The van der Waals surface area contributed by atoms with Gasteiger partial charge in [0.1, 0.15) is 6.10 Å². The normalized spacial score (nSPS) is 11.5. The van der Waals surface area contributed by atoms with Crippen molar-refractivity contribution in [2.75, 3.05) is 0 Å². The van der Waals surface area contributed by atoms with Crippen LogP contribution in [0.15, 0.2) is 5.34 Å². The second kappa shape index (κ2) is 10.4. The Labute approximate surface area is 74.2 Å². The van der Waals surface area contributed by atoms with Crippen LogP contribution in [0.4, 0.5) is 0 Å². The first-order valence-corrected chi connectivity index (χ1v) is 4.29. The monoisotopic (exact) mass is 176 g/mol. The van der Waals surface area contributed by atoms with Crippen LogP contribution in [0, 0.1) is 4.91 Å². The Morgan fingerprint density at radius 3 is 2.50 bits per heavy atom. The van der Waals surface area contributed by atoms with Crippen LogP contribution in [0.25, 0.3) is 0 Å². The summed E-state index contributed by atoms with van der Waals surface area (Å²) < 4.78 is 0. The average molecular weight is 176 g/mol. The van der Waals surface area contributed by atoms with E-state index in [1.54, 1.807) is 0 Å². The summed E-state index contributed by atoms with van der Waals surface area (Å²) in [4.78, 5) is 14.1. The Morgan fingerprint density at radius 1 is 1.33 bits per heavy atom. The molecule has 0 saturated heterocycles. The standard InChI is InChI=1S/C8H17NO2.H3N/c1-3-4-5-6-7-8(2)11-9-10;/h8H,3-7H2,1-2H3;1H3. The summed E-state index contributed by atoms with van der Waals surface area (Å²) in [7, 11) is 0. The summed E-state index contributed by atoms with van der Waals surface area (Å²) in [5.41, 5.74) is 0. The van der Waals surface area contributed by atoms with Crippen molar-refractivity contribution in [1.29, 1.82) is 0 Å². The molecule has 0 aliphatic carbocycles. The third-order valence-corrected chi connectivity index (χ3v) is 1.69. The number of nitrogens with zero attached hydrogens (tertiary/aromatic N) is 1.